The van der Waals surface area contributed by atoms with Crippen molar-refractivity contribution in [2.75, 3.05) is 0 Å². The van der Waals surface area contributed by atoms with Crippen LogP contribution in [0.5, 0.6) is 0 Å². The van der Waals surface area contributed by atoms with Gasteiger partial charge in [-0.1, -0.05) is 48.5 Å². The zero-order valence-electron chi connectivity index (χ0n) is 11.5. The van der Waals surface area contributed by atoms with Crippen LogP contribution in [-0.2, 0) is 0 Å². The largest absolute Gasteiger partial charge is 0.476 e. The van der Waals surface area contributed by atoms with Crippen molar-refractivity contribution in [2.24, 2.45) is 0 Å². The number of aromatic amines is 1. The lowest BCUT2D eigenvalue weighted by molar-refractivity contribution is 0.0689. The predicted molar refractivity (Wildman–Crippen MR) is 85.1 cm³/mol. The summed E-state index contributed by atoms with van der Waals surface area (Å²) in [5.41, 5.74) is 3.75. The molecular weight excluding hydrogens is 296 g/mol. The molecule has 2 aromatic carbocycles. The minimum absolute atomic E-state index is 0.0732. The molecule has 0 amide bonds. The van der Waals surface area contributed by atoms with Crippen LogP contribution in [0.15, 0.2) is 59.5 Å². The molecule has 0 radical (unpaired) electrons. The molecule has 0 saturated carbocycles. The number of nitrogens with zero attached hydrogens (tertiary/aromatic N) is 1. The summed E-state index contributed by atoms with van der Waals surface area (Å²) in [5.74, 6) is -1.00. The number of carboxylic acid groups (broad SMARTS) is 1. The first-order valence-electron chi connectivity index (χ1n) is 6.88. The quantitative estimate of drug-likeness (QED) is 0.752. The first-order valence-corrected chi connectivity index (χ1v) is 7.76. The molecule has 1 aliphatic rings. The topological polar surface area (TPSA) is 66.0 Å². The van der Waals surface area contributed by atoms with Crippen molar-refractivity contribution in [3.05, 3.63) is 71.4 Å². The highest BCUT2D eigenvalue weighted by Gasteiger charge is 2.33. The number of benzene rings is 2. The van der Waals surface area contributed by atoms with Crippen LogP contribution in [-0.4, -0.2) is 21.3 Å². The Morgan fingerprint density at radius 1 is 1.09 bits per heavy atom. The molecule has 1 aromatic heterocycles. The minimum Gasteiger partial charge on any atom is -0.476 e. The van der Waals surface area contributed by atoms with Crippen LogP contribution >= 0.6 is 11.8 Å². The fourth-order valence-corrected chi connectivity index (χ4v) is 4.15. The average Bonchev–Trinajstić information content (AvgIpc) is 3.00. The molecule has 0 aliphatic carbocycles. The van der Waals surface area contributed by atoms with E-state index in [0.29, 0.717) is 0 Å². The summed E-state index contributed by atoms with van der Waals surface area (Å²) in [7, 11) is 0. The minimum atomic E-state index is -1.00. The van der Waals surface area contributed by atoms with Gasteiger partial charge in [-0.2, -0.15) is 5.10 Å². The SMILES string of the molecule is O=C(O)c1n[nH]c2c1C(c1ccccc1)Sc1ccccc1-2. The average molecular weight is 308 g/mol. The summed E-state index contributed by atoms with van der Waals surface area (Å²) < 4.78 is 0. The second-order valence-corrected chi connectivity index (χ2v) is 6.22. The summed E-state index contributed by atoms with van der Waals surface area (Å²) in [6, 6.07) is 17.9. The van der Waals surface area contributed by atoms with E-state index in [0.717, 1.165) is 27.3 Å². The Morgan fingerprint density at radius 3 is 2.59 bits per heavy atom. The van der Waals surface area contributed by atoms with E-state index in [1.807, 2.05) is 48.5 Å². The summed E-state index contributed by atoms with van der Waals surface area (Å²) in [4.78, 5) is 12.7. The van der Waals surface area contributed by atoms with E-state index in [9.17, 15) is 9.90 Å². The molecule has 2 heterocycles. The number of carbonyl (C=O) groups is 1. The number of hydrogen-bond acceptors (Lipinski definition) is 3. The molecule has 0 spiro atoms. The van der Waals surface area contributed by atoms with Crippen LogP contribution in [0.25, 0.3) is 11.3 Å². The van der Waals surface area contributed by atoms with E-state index in [2.05, 4.69) is 16.3 Å². The maximum absolute atomic E-state index is 11.5. The van der Waals surface area contributed by atoms with Crippen LogP contribution in [0.3, 0.4) is 0 Å². The molecule has 0 saturated heterocycles. The standard InChI is InChI=1S/C17H12N2O2S/c20-17(21)15-13-14(18-19-15)11-8-4-5-9-12(11)22-16(13)10-6-2-1-3-7-10/h1-9,16H,(H,18,19)(H,20,21). The molecule has 22 heavy (non-hydrogen) atoms. The number of nitrogens with one attached hydrogen (secondary N) is 1. The highest BCUT2D eigenvalue weighted by atomic mass is 32.2. The Kier molecular flexibility index (Phi) is 3.01. The van der Waals surface area contributed by atoms with Crippen LogP contribution in [0, 0.1) is 0 Å². The molecule has 0 bridgehead atoms. The molecule has 1 aliphatic heterocycles. The Balaban J connectivity index is 1.97. The molecule has 108 valence electrons. The van der Waals surface area contributed by atoms with E-state index in [4.69, 9.17) is 0 Å². The van der Waals surface area contributed by atoms with Crippen molar-refractivity contribution in [1.82, 2.24) is 10.2 Å². The van der Waals surface area contributed by atoms with E-state index in [-0.39, 0.29) is 10.9 Å². The number of aromatic nitrogens is 2. The Morgan fingerprint density at radius 2 is 1.82 bits per heavy atom. The highest BCUT2D eigenvalue weighted by molar-refractivity contribution is 8.00. The zero-order chi connectivity index (χ0) is 15.1. The van der Waals surface area contributed by atoms with Crippen molar-refractivity contribution in [3.8, 4) is 11.3 Å². The molecule has 0 fully saturated rings. The number of rotatable bonds is 2. The zero-order valence-corrected chi connectivity index (χ0v) is 12.3. The van der Waals surface area contributed by atoms with Gasteiger partial charge >= 0.3 is 5.97 Å². The van der Waals surface area contributed by atoms with Crippen molar-refractivity contribution >= 4 is 17.7 Å². The second kappa shape index (κ2) is 5.03. The van der Waals surface area contributed by atoms with Gasteiger partial charge in [-0.15, -0.1) is 11.8 Å². The third-order valence-corrected chi connectivity index (χ3v) is 5.13. The fourth-order valence-electron chi connectivity index (χ4n) is 2.80. The lowest BCUT2D eigenvalue weighted by Gasteiger charge is -2.24. The fraction of sp³-hybridized carbons (Fsp3) is 0.0588. The van der Waals surface area contributed by atoms with Gasteiger partial charge < -0.3 is 5.11 Å². The highest BCUT2D eigenvalue weighted by Crippen LogP contribution is 2.51. The first-order chi connectivity index (χ1) is 10.8. The monoisotopic (exact) mass is 308 g/mol. The van der Waals surface area contributed by atoms with Crippen LogP contribution in [0.1, 0.15) is 26.9 Å². The number of fused-ring (bicyclic) bond motifs is 3. The Labute approximate surface area is 131 Å². The summed E-state index contributed by atoms with van der Waals surface area (Å²) in [5, 5.41) is 16.3. The van der Waals surface area contributed by atoms with Gasteiger partial charge in [-0.3, -0.25) is 5.10 Å². The maximum Gasteiger partial charge on any atom is 0.356 e. The van der Waals surface area contributed by atoms with Crippen molar-refractivity contribution in [1.29, 1.82) is 0 Å². The molecule has 4 rings (SSSR count). The third kappa shape index (κ3) is 1.94. The third-order valence-electron chi connectivity index (χ3n) is 3.77. The van der Waals surface area contributed by atoms with Gasteiger partial charge in [0.15, 0.2) is 5.69 Å². The number of aromatic carboxylic acids is 1. The van der Waals surface area contributed by atoms with Gasteiger partial charge in [0.2, 0.25) is 0 Å². The van der Waals surface area contributed by atoms with Crippen molar-refractivity contribution < 1.29 is 9.90 Å². The van der Waals surface area contributed by atoms with E-state index >= 15 is 0 Å². The number of hydrogen-bond donors (Lipinski definition) is 2. The number of H-pyrrole nitrogens is 1. The van der Waals surface area contributed by atoms with Crippen molar-refractivity contribution in [3.63, 3.8) is 0 Å². The molecule has 1 atom stereocenters. The van der Waals surface area contributed by atoms with Gasteiger partial charge in [-0.25, -0.2) is 4.79 Å². The van der Waals surface area contributed by atoms with Crippen molar-refractivity contribution in [2.45, 2.75) is 10.1 Å². The molecular formula is C17H12N2O2S. The lowest BCUT2D eigenvalue weighted by atomic mass is 9.97. The second-order valence-electron chi connectivity index (χ2n) is 5.07. The number of thioether (sulfide) groups is 1. The summed E-state index contributed by atoms with van der Waals surface area (Å²) in [6.45, 7) is 0. The van der Waals surface area contributed by atoms with E-state index in [1.165, 1.54) is 0 Å². The van der Waals surface area contributed by atoms with Crippen LogP contribution < -0.4 is 0 Å². The predicted octanol–water partition coefficient (Wildman–Crippen LogP) is 3.97. The van der Waals surface area contributed by atoms with E-state index in [1.54, 1.807) is 11.8 Å². The molecule has 5 heteroatoms. The van der Waals surface area contributed by atoms with Gasteiger partial charge in [0.25, 0.3) is 0 Å². The molecule has 2 N–H and O–H groups in total. The maximum atomic E-state index is 11.5. The van der Waals surface area contributed by atoms with Crippen LogP contribution in [0.2, 0.25) is 0 Å². The van der Waals surface area contributed by atoms with Gasteiger partial charge in [-0.05, 0) is 11.6 Å². The number of carboxylic acids is 1. The smallest absolute Gasteiger partial charge is 0.356 e. The summed E-state index contributed by atoms with van der Waals surface area (Å²) >= 11 is 1.67. The normalized spacial score (nSPS) is 15.9. The Hall–Kier alpha value is -2.53. The van der Waals surface area contributed by atoms with Gasteiger partial charge in [0.1, 0.15) is 0 Å². The molecule has 3 aromatic rings. The summed E-state index contributed by atoms with van der Waals surface area (Å²) in [6.07, 6.45) is 0. The lowest BCUT2D eigenvalue weighted by Crippen LogP contribution is -2.09. The van der Waals surface area contributed by atoms with Crippen LogP contribution in [0.4, 0.5) is 0 Å². The molecule has 4 nitrogen and oxygen atoms in total. The van der Waals surface area contributed by atoms with E-state index < -0.39 is 5.97 Å². The first kappa shape index (κ1) is 13.2. The Bertz CT molecular complexity index is 858. The van der Waals surface area contributed by atoms with Gasteiger partial charge in [0, 0.05) is 16.0 Å². The molecule has 1 unspecified atom stereocenters. The van der Waals surface area contributed by atoms with Gasteiger partial charge in [0.05, 0.1) is 10.9 Å².